The summed E-state index contributed by atoms with van der Waals surface area (Å²) >= 11 is 0. The van der Waals surface area contributed by atoms with Gasteiger partial charge in [0.15, 0.2) is 0 Å². The highest BCUT2D eigenvalue weighted by molar-refractivity contribution is 5.95. The highest BCUT2D eigenvalue weighted by Gasteiger charge is 2.39. The fraction of sp³-hybridized carbons (Fsp3) is 0.368. The van der Waals surface area contributed by atoms with Gasteiger partial charge in [-0.3, -0.25) is 14.8 Å². The number of esters is 1. The Morgan fingerprint density at radius 2 is 2.07 bits per heavy atom. The number of aryl methyl sites for hydroxylation is 2. The molecule has 1 atom stereocenters. The molecule has 1 unspecified atom stereocenters. The maximum atomic E-state index is 12.8. The van der Waals surface area contributed by atoms with Crippen LogP contribution in [0.1, 0.15) is 43.5 Å². The number of carbonyl (C=O) groups excluding carboxylic acids is 1. The van der Waals surface area contributed by atoms with E-state index < -0.39 is 16.8 Å². The van der Waals surface area contributed by atoms with Gasteiger partial charge in [-0.25, -0.2) is 4.79 Å². The minimum absolute atomic E-state index is 0.0316. The lowest BCUT2D eigenvalue weighted by molar-refractivity contribution is -0.385. The third kappa shape index (κ3) is 3.07. The predicted molar refractivity (Wildman–Crippen MR) is 100 cm³/mol. The van der Waals surface area contributed by atoms with E-state index in [-0.39, 0.29) is 12.3 Å². The van der Waals surface area contributed by atoms with Crippen molar-refractivity contribution in [3.8, 4) is 0 Å². The summed E-state index contributed by atoms with van der Waals surface area (Å²) in [6, 6.07) is 6.51. The van der Waals surface area contributed by atoms with Crippen molar-refractivity contribution < 1.29 is 14.5 Å². The molecular formula is C19H22N4O4. The minimum atomic E-state index is -0.620. The number of hydrogen-bond donors (Lipinski definition) is 1. The fourth-order valence-corrected chi connectivity index (χ4v) is 3.60. The van der Waals surface area contributed by atoms with Crippen molar-refractivity contribution in [3.63, 3.8) is 0 Å². The van der Waals surface area contributed by atoms with Crippen LogP contribution >= 0.6 is 0 Å². The first-order valence-electron chi connectivity index (χ1n) is 8.84. The summed E-state index contributed by atoms with van der Waals surface area (Å²) in [6.07, 6.45) is 0.636. The summed E-state index contributed by atoms with van der Waals surface area (Å²) in [4.78, 5) is 24.0. The average molecular weight is 370 g/mol. The Kier molecular flexibility index (Phi) is 4.98. The van der Waals surface area contributed by atoms with E-state index in [4.69, 9.17) is 4.74 Å². The van der Waals surface area contributed by atoms with Crippen LogP contribution in [0, 0.1) is 10.1 Å². The van der Waals surface area contributed by atoms with Crippen LogP contribution < -0.4 is 5.32 Å². The summed E-state index contributed by atoms with van der Waals surface area (Å²) in [5, 5.41) is 19.4. The van der Waals surface area contributed by atoms with Crippen molar-refractivity contribution in [1.29, 1.82) is 0 Å². The summed E-state index contributed by atoms with van der Waals surface area (Å²) < 4.78 is 6.98. The first-order chi connectivity index (χ1) is 12.9. The molecule has 1 aromatic carbocycles. The monoisotopic (exact) mass is 370 g/mol. The van der Waals surface area contributed by atoms with Crippen LogP contribution in [-0.2, 0) is 23.0 Å². The third-order valence-electron chi connectivity index (χ3n) is 4.72. The van der Waals surface area contributed by atoms with Crippen molar-refractivity contribution in [2.24, 2.45) is 7.05 Å². The minimum Gasteiger partial charge on any atom is -0.463 e. The molecule has 1 aliphatic rings. The molecule has 0 radical (unpaired) electrons. The first kappa shape index (κ1) is 18.6. The fourth-order valence-electron chi connectivity index (χ4n) is 3.60. The van der Waals surface area contributed by atoms with E-state index in [9.17, 15) is 14.9 Å². The van der Waals surface area contributed by atoms with Gasteiger partial charge in [0.2, 0.25) is 0 Å². The zero-order chi connectivity index (χ0) is 19.7. The number of para-hydroxylation sites is 1. The van der Waals surface area contributed by atoms with E-state index in [1.165, 1.54) is 6.07 Å². The Bertz CT molecular complexity index is 945. The van der Waals surface area contributed by atoms with Crippen LogP contribution in [0.2, 0.25) is 0 Å². The van der Waals surface area contributed by atoms with E-state index in [1.807, 2.05) is 14.0 Å². The Morgan fingerprint density at radius 1 is 1.37 bits per heavy atom. The van der Waals surface area contributed by atoms with Crippen LogP contribution in [0.3, 0.4) is 0 Å². The number of allylic oxidation sites excluding steroid dienone is 1. The highest BCUT2D eigenvalue weighted by Crippen LogP contribution is 2.46. The van der Waals surface area contributed by atoms with Gasteiger partial charge < -0.3 is 10.1 Å². The number of aromatic nitrogens is 2. The van der Waals surface area contributed by atoms with E-state index in [0.29, 0.717) is 23.3 Å². The molecule has 8 heteroatoms. The van der Waals surface area contributed by atoms with Gasteiger partial charge in [0.1, 0.15) is 5.82 Å². The van der Waals surface area contributed by atoms with Gasteiger partial charge in [0.05, 0.1) is 28.7 Å². The summed E-state index contributed by atoms with van der Waals surface area (Å²) in [5.41, 5.74) is 2.97. The number of nitrogens with one attached hydrogen (secondary N) is 1. The Balaban J connectivity index is 2.33. The molecule has 2 aromatic rings. The van der Waals surface area contributed by atoms with Crippen molar-refractivity contribution >= 4 is 17.5 Å². The molecule has 0 amide bonds. The number of nitrogens with zero attached hydrogens (tertiary/aromatic N) is 3. The van der Waals surface area contributed by atoms with Crippen LogP contribution in [0.15, 0.2) is 35.5 Å². The molecule has 0 saturated heterocycles. The van der Waals surface area contributed by atoms with Crippen LogP contribution in [0.4, 0.5) is 11.5 Å². The maximum absolute atomic E-state index is 12.8. The molecule has 2 heterocycles. The zero-order valence-corrected chi connectivity index (χ0v) is 15.8. The highest BCUT2D eigenvalue weighted by atomic mass is 16.6. The van der Waals surface area contributed by atoms with Crippen molar-refractivity contribution in [2.75, 3.05) is 11.9 Å². The molecule has 3 rings (SSSR count). The van der Waals surface area contributed by atoms with Gasteiger partial charge in [0.25, 0.3) is 5.69 Å². The molecule has 1 N–H and O–H groups in total. The molecule has 0 spiro atoms. The number of fused-ring (bicyclic) bond motifs is 1. The molecular weight excluding hydrogens is 348 g/mol. The SMILES string of the molecule is CCOC(=O)C1=C(C)Nc2c(c(CC)nn2C)C1c1ccccc1[N+](=O)[O-]. The van der Waals surface area contributed by atoms with Crippen molar-refractivity contribution in [2.45, 2.75) is 33.1 Å². The van der Waals surface area contributed by atoms with Gasteiger partial charge in [-0.2, -0.15) is 5.10 Å². The first-order valence-corrected chi connectivity index (χ1v) is 8.84. The lowest BCUT2D eigenvalue weighted by atomic mass is 9.80. The number of nitro groups is 1. The molecule has 0 saturated carbocycles. The van der Waals surface area contributed by atoms with Crippen molar-refractivity contribution in [3.05, 3.63) is 62.5 Å². The van der Waals surface area contributed by atoms with Gasteiger partial charge in [-0.05, 0) is 20.3 Å². The number of hydrogen-bond acceptors (Lipinski definition) is 6. The molecule has 8 nitrogen and oxygen atoms in total. The van der Waals surface area contributed by atoms with E-state index in [1.54, 1.807) is 36.7 Å². The van der Waals surface area contributed by atoms with Crippen LogP contribution in [0.5, 0.6) is 0 Å². The molecule has 1 aromatic heterocycles. The second-order valence-corrected chi connectivity index (χ2v) is 6.32. The number of rotatable bonds is 5. The molecule has 142 valence electrons. The van der Waals surface area contributed by atoms with Crippen LogP contribution in [0.25, 0.3) is 0 Å². The number of benzene rings is 1. The third-order valence-corrected chi connectivity index (χ3v) is 4.72. The van der Waals surface area contributed by atoms with Crippen LogP contribution in [-0.4, -0.2) is 27.3 Å². The Labute approximate surface area is 157 Å². The zero-order valence-electron chi connectivity index (χ0n) is 15.8. The normalized spacial score (nSPS) is 15.9. The van der Waals surface area contributed by atoms with Crippen molar-refractivity contribution in [1.82, 2.24) is 9.78 Å². The smallest absolute Gasteiger partial charge is 0.336 e. The Morgan fingerprint density at radius 3 is 2.70 bits per heavy atom. The van der Waals surface area contributed by atoms with E-state index >= 15 is 0 Å². The largest absolute Gasteiger partial charge is 0.463 e. The van der Waals surface area contributed by atoms with E-state index in [0.717, 1.165) is 17.1 Å². The average Bonchev–Trinajstić information content (AvgIpc) is 2.96. The number of nitro benzene ring substituents is 1. The second kappa shape index (κ2) is 7.22. The number of ether oxygens (including phenoxy) is 1. The summed E-state index contributed by atoms with van der Waals surface area (Å²) in [6.45, 7) is 5.70. The molecule has 0 fully saturated rings. The summed E-state index contributed by atoms with van der Waals surface area (Å²) in [5.74, 6) is -0.367. The molecule has 27 heavy (non-hydrogen) atoms. The molecule has 0 bridgehead atoms. The molecule has 0 aliphatic carbocycles. The lowest BCUT2D eigenvalue weighted by Gasteiger charge is -2.28. The second-order valence-electron chi connectivity index (χ2n) is 6.32. The van der Waals surface area contributed by atoms with Gasteiger partial charge in [-0.1, -0.05) is 25.1 Å². The van der Waals surface area contributed by atoms with Gasteiger partial charge in [0, 0.05) is 29.9 Å². The van der Waals surface area contributed by atoms with E-state index in [2.05, 4.69) is 10.4 Å². The Hall–Kier alpha value is -3.16. The quantitative estimate of drug-likeness (QED) is 0.492. The van der Waals surface area contributed by atoms with Gasteiger partial charge >= 0.3 is 5.97 Å². The topological polar surface area (TPSA) is 99.3 Å². The predicted octanol–water partition coefficient (Wildman–Crippen LogP) is 3.29. The number of carbonyl (C=O) groups is 1. The maximum Gasteiger partial charge on any atom is 0.336 e. The molecule has 1 aliphatic heterocycles. The standard InChI is InChI=1S/C19H22N4O4/c1-5-13-17-16(12-9-7-8-10-14(12)23(25)26)15(19(24)27-6-2)11(3)20-18(17)22(4)21-13/h7-10,16,20H,5-6H2,1-4H3. The lowest BCUT2D eigenvalue weighted by Crippen LogP contribution is -2.25. The van der Waals surface area contributed by atoms with Gasteiger partial charge in [-0.15, -0.1) is 0 Å². The summed E-state index contributed by atoms with van der Waals surface area (Å²) in [7, 11) is 1.81. The number of anilines is 1.